The molecule has 96 valence electrons. The standard InChI is InChI=1S/C14H24N2O/c1-4-6-7-8-9-12(3)13-10-11-14(16-15-13)17-5-2/h10-12H,4-9H2,1-3H3. The molecule has 0 saturated carbocycles. The van der Waals surface area contributed by atoms with Gasteiger partial charge in [-0.1, -0.05) is 39.5 Å². The van der Waals surface area contributed by atoms with Gasteiger partial charge in [-0.05, 0) is 19.4 Å². The first kappa shape index (κ1) is 13.9. The summed E-state index contributed by atoms with van der Waals surface area (Å²) in [6, 6.07) is 3.94. The summed E-state index contributed by atoms with van der Waals surface area (Å²) in [4.78, 5) is 0. The van der Waals surface area contributed by atoms with Crippen LogP contribution in [-0.4, -0.2) is 16.8 Å². The second-order valence-corrected chi connectivity index (χ2v) is 4.48. The highest BCUT2D eigenvalue weighted by Gasteiger charge is 2.07. The van der Waals surface area contributed by atoms with Crippen molar-refractivity contribution in [1.82, 2.24) is 10.2 Å². The molecule has 1 rings (SSSR count). The van der Waals surface area contributed by atoms with Crippen LogP contribution >= 0.6 is 0 Å². The molecule has 0 aliphatic heterocycles. The Morgan fingerprint density at radius 1 is 1.12 bits per heavy atom. The Bertz CT molecular complexity index is 298. The SMILES string of the molecule is CCCCCCC(C)c1ccc(OCC)nn1. The fraction of sp³-hybridized carbons (Fsp3) is 0.714. The molecule has 1 atom stereocenters. The lowest BCUT2D eigenvalue weighted by atomic mass is 9.99. The van der Waals surface area contributed by atoms with Crippen LogP contribution in [0.4, 0.5) is 0 Å². The van der Waals surface area contributed by atoms with Gasteiger partial charge in [-0.2, -0.15) is 5.10 Å². The minimum atomic E-state index is 0.495. The number of rotatable bonds is 8. The second-order valence-electron chi connectivity index (χ2n) is 4.48. The number of aromatic nitrogens is 2. The summed E-state index contributed by atoms with van der Waals surface area (Å²) in [6.07, 6.45) is 6.43. The summed E-state index contributed by atoms with van der Waals surface area (Å²) in [5, 5.41) is 8.28. The van der Waals surface area contributed by atoms with E-state index < -0.39 is 0 Å². The second kappa shape index (κ2) is 8.04. The molecule has 0 bridgehead atoms. The van der Waals surface area contributed by atoms with Crippen LogP contribution in [-0.2, 0) is 0 Å². The van der Waals surface area contributed by atoms with Gasteiger partial charge in [0.2, 0.25) is 5.88 Å². The third-order valence-electron chi connectivity index (χ3n) is 2.95. The van der Waals surface area contributed by atoms with Gasteiger partial charge in [-0.25, -0.2) is 0 Å². The maximum absolute atomic E-state index is 5.28. The van der Waals surface area contributed by atoms with Crippen molar-refractivity contribution in [2.24, 2.45) is 0 Å². The highest BCUT2D eigenvalue weighted by Crippen LogP contribution is 2.20. The molecule has 1 aromatic rings. The molecular formula is C14H24N2O. The molecule has 17 heavy (non-hydrogen) atoms. The van der Waals surface area contributed by atoms with Gasteiger partial charge >= 0.3 is 0 Å². The molecule has 0 spiro atoms. The van der Waals surface area contributed by atoms with Crippen LogP contribution in [0.15, 0.2) is 12.1 Å². The number of hydrogen-bond donors (Lipinski definition) is 0. The highest BCUT2D eigenvalue weighted by molar-refractivity contribution is 5.13. The van der Waals surface area contributed by atoms with Crippen molar-refractivity contribution in [3.63, 3.8) is 0 Å². The van der Waals surface area contributed by atoms with E-state index in [9.17, 15) is 0 Å². The van der Waals surface area contributed by atoms with E-state index in [1.165, 1.54) is 32.1 Å². The van der Waals surface area contributed by atoms with E-state index in [0.29, 0.717) is 18.4 Å². The van der Waals surface area contributed by atoms with Gasteiger partial charge in [0.25, 0.3) is 0 Å². The molecule has 1 heterocycles. The maximum atomic E-state index is 5.28. The Labute approximate surface area is 105 Å². The Morgan fingerprint density at radius 2 is 1.94 bits per heavy atom. The largest absolute Gasteiger partial charge is 0.477 e. The summed E-state index contributed by atoms with van der Waals surface area (Å²) >= 11 is 0. The van der Waals surface area contributed by atoms with Gasteiger partial charge < -0.3 is 4.74 Å². The van der Waals surface area contributed by atoms with Gasteiger partial charge in [0.05, 0.1) is 12.3 Å². The van der Waals surface area contributed by atoms with Crippen LogP contribution in [0, 0.1) is 0 Å². The molecule has 0 saturated heterocycles. The summed E-state index contributed by atoms with van der Waals surface area (Å²) in [5.41, 5.74) is 1.07. The third kappa shape index (κ3) is 5.16. The fourth-order valence-electron chi connectivity index (χ4n) is 1.84. The van der Waals surface area contributed by atoms with Crippen LogP contribution in [0.2, 0.25) is 0 Å². The number of unbranched alkanes of at least 4 members (excludes halogenated alkanes) is 3. The van der Waals surface area contributed by atoms with E-state index in [4.69, 9.17) is 4.74 Å². The van der Waals surface area contributed by atoms with Crippen LogP contribution in [0.25, 0.3) is 0 Å². The van der Waals surface area contributed by atoms with Crippen LogP contribution in [0.3, 0.4) is 0 Å². The number of nitrogens with zero attached hydrogens (tertiary/aromatic N) is 2. The Hall–Kier alpha value is -1.12. The van der Waals surface area contributed by atoms with Crippen molar-refractivity contribution in [3.05, 3.63) is 17.8 Å². The van der Waals surface area contributed by atoms with Crippen LogP contribution in [0.5, 0.6) is 5.88 Å². The average molecular weight is 236 g/mol. The third-order valence-corrected chi connectivity index (χ3v) is 2.95. The summed E-state index contributed by atoms with van der Waals surface area (Å²) in [5.74, 6) is 1.12. The van der Waals surface area contributed by atoms with Gasteiger partial charge in [-0.15, -0.1) is 5.10 Å². The molecule has 0 radical (unpaired) electrons. The van der Waals surface area contributed by atoms with E-state index in [-0.39, 0.29) is 0 Å². The van der Waals surface area contributed by atoms with E-state index in [1.54, 1.807) is 0 Å². The molecule has 3 nitrogen and oxygen atoms in total. The molecule has 1 unspecified atom stereocenters. The predicted molar refractivity (Wildman–Crippen MR) is 70.4 cm³/mol. The minimum Gasteiger partial charge on any atom is -0.477 e. The maximum Gasteiger partial charge on any atom is 0.233 e. The molecule has 0 N–H and O–H groups in total. The smallest absolute Gasteiger partial charge is 0.233 e. The summed E-state index contributed by atoms with van der Waals surface area (Å²) in [7, 11) is 0. The lowest BCUT2D eigenvalue weighted by molar-refractivity contribution is 0.321. The molecule has 0 fully saturated rings. The van der Waals surface area contributed by atoms with Crippen molar-refractivity contribution >= 4 is 0 Å². The van der Waals surface area contributed by atoms with Crippen molar-refractivity contribution < 1.29 is 4.74 Å². The highest BCUT2D eigenvalue weighted by atomic mass is 16.5. The van der Waals surface area contributed by atoms with Crippen LogP contribution < -0.4 is 4.74 Å². The molecular weight excluding hydrogens is 212 g/mol. The first-order chi connectivity index (χ1) is 8.27. The average Bonchev–Trinajstić information content (AvgIpc) is 2.36. The molecule has 0 aliphatic rings. The number of ether oxygens (including phenoxy) is 1. The first-order valence-corrected chi connectivity index (χ1v) is 6.74. The van der Waals surface area contributed by atoms with Crippen molar-refractivity contribution in [1.29, 1.82) is 0 Å². The Balaban J connectivity index is 2.37. The quantitative estimate of drug-likeness (QED) is 0.641. The van der Waals surface area contributed by atoms with Crippen LogP contribution in [0.1, 0.15) is 64.5 Å². The van der Waals surface area contributed by atoms with E-state index in [0.717, 1.165) is 5.69 Å². The minimum absolute atomic E-state index is 0.495. The molecule has 1 aromatic heterocycles. The Kier molecular flexibility index (Phi) is 6.60. The van der Waals surface area contributed by atoms with Gasteiger partial charge in [-0.3, -0.25) is 0 Å². The molecule has 0 amide bonds. The zero-order valence-electron chi connectivity index (χ0n) is 11.3. The lowest BCUT2D eigenvalue weighted by Gasteiger charge is -2.10. The van der Waals surface area contributed by atoms with Crippen molar-refractivity contribution in [2.45, 2.75) is 58.8 Å². The van der Waals surface area contributed by atoms with E-state index >= 15 is 0 Å². The van der Waals surface area contributed by atoms with Gasteiger partial charge in [0.15, 0.2) is 0 Å². The van der Waals surface area contributed by atoms with Crippen molar-refractivity contribution in [3.8, 4) is 5.88 Å². The fourth-order valence-corrected chi connectivity index (χ4v) is 1.84. The monoisotopic (exact) mass is 236 g/mol. The van der Waals surface area contributed by atoms with E-state index in [1.807, 2.05) is 19.1 Å². The molecule has 0 aromatic carbocycles. The number of hydrogen-bond acceptors (Lipinski definition) is 3. The predicted octanol–water partition coefficient (Wildman–Crippen LogP) is 3.95. The summed E-state index contributed by atoms with van der Waals surface area (Å²) in [6.45, 7) is 7.05. The summed E-state index contributed by atoms with van der Waals surface area (Å²) < 4.78 is 5.28. The van der Waals surface area contributed by atoms with Crippen molar-refractivity contribution in [2.75, 3.05) is 6.61 Å². The zero-order chi connectivity index (χ0) is 12.5. The Morgan fingerprint density at radius 3 is 2.53 bits per heavy atom. The molecule has 3 heteroatoms. The topological polar surface area (TPSA) is 35.0 Å². The zero-order valence-corrected chi connectivity index (χ0v) is 11.3. The van der Waals surface area contributed by atoms with Gasteiger partial charge in [0.1, 0.15) is 0 Å². The van der Waals surface area contributed by atoms with Gasteiger partial charge in [0, 0.05) is 12.0 Å². The lowest BCUT2D eigenvalue weighted by Crippen LogP contribution is -2.01. The normalized spacial score (nSPS) is 12.4. The van der Waals surface area contributed by atoms with E-state index in [2.05, 4.69) is 24.0 Å². The molecule has 0 aliphatic carbocycles. The first-order valence-electron chi connectivity index (χ1n) is 6.74.